The van der Waals surface area contributed by atoms with E-state index in [-0.39, 0.29) is 0 Å². The lowest BCUT2D eigenvalue weighted by atomic mass is 10.4. The minimum Gasteiger partial charge on any atom is -0.378 e. The fourth-order valence-electron chi connectivity index (χ4n) is 0.677. The summed E-state index contributed by atoms with van der Waals surface area (Å²) in [6, 6.07) is 4.49. The summed E-state index contributed by atoms with van der Waals surface area (Å²) >= 11 is 1.63. The smallest absolute Gasteiger partial charge is 0.0650 e. The molecule has 1 aromatic rings. The Balaban J connectivity index is 2.46. The van der Waals surface area contributed by atoms with Crippen molar-refractivity contribution in [1.82, 2.24) is 0 Å². The van der Waals surface area contributed by atoms with Gasteiger partial charge in [0, 0.05) is 11.5 Å². The molecule has 11 heavy (non-hydrogen) atoms. The van der Waals surface area contributed by atoms with Crippen molar-refractivity contribution in [3.05, 3.63) is 28.4 Å². The van der Waals surface area contributed by atoms with Crippen molar-refractivity contribution in [2.24, 2.45) is 0 Å². The minimum absolute atomic E-state index is 0.411. The molecule has 0 bridgehead atoms. The van der Waals surface area contributed by atoms with E-state index in [1.807, 2.05) is 30.5 Å². The predicted octanol–water partition coefficient (Wildman–Crippen LogP) is 2.80. The van der Waals surface area contributed by atoms with Gasteiger partial charge in [0.2, 0.25) is 0 Å². The number of hydrogen-bond acceptors (Lipinski definition) is 2. The highest BCUT2D eigenvalue weighted by atomic mass is 32.1. The summed E-state index contributed by atoms with van der Waals surface area (Å²) in [6.45, 7) is 3.01. The fourth-order valence-corrected chi connectivity index (χ4v) is 1.30. The van der Waals surface area contributed by atoms with Crippen LogP contribution in [0.25, 0.3) is 6.08 Å². The average molecular weight is 169 g/mol. The molecule has 0 spiro atoms. The van der Waals surface area contributed by atoms with Gasteiger partial charge in [-0.2, -0.15) is 0 Å². The molecule has 60 valence electrons. The van der Waals surface area contributed by atoms with Crippen molar-refractivity contribution < 1.29 is 6.11 Å². The Labute approximate surface area is 72.7 Å². The molecule has 0 aliphatic carbocycles. The topological polar surface area (TPSA) is 9.23 Å². The van der Waals surface area contributed by atoms with Gasteiger partial charge in [-0.05, 0) is 24.4 Å². The summed E-state index contributed by atoms with van der Waals surface area (Å²) in [5, 5.41) is 2.00. The van der Waals surface area contributed by atoms with Crippen LogP contribution in [0.3, 0.4) is 0 Å². The van der Waals surface area contributed by atoms with E-state index < -0.39 is 0 Å². The standard InChI is InChI=1S/C9H12OS/c1-2-10-7-3-5-9-6-4-8-11-9/h3-6,8H,2,7H2,1H3/b5-3+/i3D. The molecule has 0 saturated heterocycles. The van der Waals surface area contributed by atoms with Gasteiger partial charge >= 0.3 is 0 Å². The molecule has 1 nitrogen and oxygen atoms in total. The van der Waals surface area contributed by atoms with Crippen LogP contribution in [0, 0.1) is 0 Å². The first kappa shape index (κ1) is 7.07. The number of rotatable bonds is 4. The number of ether oxygens (including phenoxy) is 1. The van der Waals surface area contributed by atoms with E-state index in [4.69, 9.17) is 6.11 Å². The molecule has 0 radical (unpaired) electrons. The van der Waals surface area contributed by atoms with E-state index in [0.717, 1.165) is 4.88 Å². The molecular formula is C9H12OS. The predicted molar refractivity (Wildman–Crippen MR) is 49.8 cm³/mol. The first-order valence-electron chi connectivity index (χ1n) is 4.11. The Bertz CT molecular complexity index is 241. The Hall–Kier alpha value is -0.600. The van der Waals surface area contributed by atoms with Crippen molar-refractivity contribution in [3.63, 3.8) is 0 Å². The first-order chi connectivity index (χ1) is 5.83. The van der Waals surface area contributed by atoms with Crippen LogP contribution < -0.4 is 0 Å². The van der Waals surface area contributed by atoms with Gasteiger partial charge in [-0.1, -0.05) is 12.1 Å². The molecule has 0 atom stereocenters. The van der Waals surface area contributed by atoms with Crippen molar-refractivity contribution in [2.75, 3.05) is 13.2 Å². The highest BCUT2D eigenvalue weighted by molar-refractivity contribution is 7.10. The molecule has 0 aliphatic heterocycles. The summed E-state index contributed by atoms with van der Waals surface area (Å²) in [7, 11) is 0. The molecule has 0 N–H and O–H groups in total. The second-order valence-corrected chi connectivity index (χ2v) is 2.98. The van der Waals surface area contributed by atoms with E-state index >= 15 is 0 Å². The molecule has 0 aliphatic rings. The fraction of sp³-hybridized carbons (Fsp3) is 0.333. The van der Waals surface area contributed by atoms with Crippen LogP contribution in [-0.4, -0.2) is 13.2 Å². The van der Waals surface area contributed by atoms with Crippen molar-refractivity contribution >= 4 is 17.4 Å². The van der Waals surface area contributed by atoms with Gasteiger partial charge in [0.05, 0.1) is 7.98 Å². The van der Waals surface area contributed by atoms with E-state index in [2.05, 4.69) is 0 Å². The van der Waals surface area contributed by atoms with Gasteiger partial charge < -0.3 is 4.74 Å². The zero-order valence-corrected chi connectivity index (χ0v) is 7.36. The maximum absolute atomic E-state index is 7.49. The molecule has 0 unspecified atom stereocenters. The summed E-state index contributed by atoms with van der Waals surface area (Å²) in [4.78, 5) is 1.11. The average Bonchev–Trinajstić information content (AvgIpc) is 2.53. The molecule has 0 fully saturated rings. The summed E-state index contributed by atoms with van der Waals surface area (Å²) in [5.74, 6) is 0. The van der Waals surface area contributed by atoms with Crippen LogP contribution in [0.4, 0.5) is 0 Å². The van der Waals surface area contributed by atoms with Crippen LogP contribution in [-0.2, 0) is 4.74 Å². The molecule has 2 heteroatoms. The van der Waals surface area contributed by atoms with E-state index in [0.29, 0.717) is 19.3 Å². The zero-order chi connectivity index (χ0) is 8.81. The maximum atomic E-state index is 7.49. The van der Waals surface area contributed by atoms with Crippen LogP contribution in [0.2, 0.25) is 0 Å². The van der Waals surface area contributed by atoms with Gasteiger partial charge in [-0.3, -0.25) is 0 Å². The Morgan fingerprint density at radius 2 is 2.73 bits per heavy atom. The van der Waals surface area contributed by atoms with Crippen LogP contribution in [0.15, 0.2) is 23.6 Å². The lowest BCUT2D eigenvalue weighted by Crippen LogP contribution is -1.87. The normalized spacial score (nSPS) is 13.2. The number of hydrogen-bond donors (Lipinski definition) is 0. The van der Waals surface area contributed by atoms with Gasteiger partial charge in [-0.15, -0.1) is 11.3 Å². The second kappa shape index (κ2) is 5.10. The third kappa shape index (κ3) is 3.35. The molecule has 1 heterocycles. The van der Waals surface area contributed by atoms with Crippen LogP contribution in [0.1, 0.15) is 13.2 Å². The molecule has 0 saturated carbocycles. The Kier molecular flexibility index (Phi) is 3.28. The van der Waals surface area contributed by atoms with E-state index in [1.54, 1.807) is 11.3 Å². The molecule has 0 aromatic carbocycles. The largest absolute Gasteiger partial charge is 0.378 e. The van der Waals surface area contributed by atoms with Gasteiger partial charge in [0.25, 0.3) is 0 Å². The Morgan fingerprint density at radius 1 is 1.82 bits per heavy atom. The second-order valence-electron chi connectivity index (χ2n) is 2.00. The highest BCUT2D eigenvalue weighted by Gasteiger charge is 1.83. The summed E-state index contributed by atoms with van der Waals surface area (Å²) < 4.78 is 12.6. The van der Waals surface area contributed by atoms with Crippen molar-refractivity contribution in [1.29, 1.82) is 0 Å². The van der Waals surface area contributed by atoms with Gasteiger partial charge in [0.15, 0.2) is 0 Å². The third-order valence-electron chi connectivity index (χ3n) is 1.18. The third-order valence-corrected chi connectivity index (χ3v) is 2.00. The minimum atomic E-state index is 0.411. The van der Waals surface area contributed by atoms with Crippen molar-refractivity contribution in [2.45, 2.75) is 6.92 Å². The summed E-state index contributed by atoms with van der Waals surface area (Å²) in [5.41, 5.74) is 0. The summed E-state index contributed by atoms with van der Waals surface area (Å²) in [6.07, 6.45) is 1.83. The molecular weight excluding hydrogens is 156 g/mol. The maximum Gasteiger partial charge on any atom is 0.0650 e. The quantitative estimate of drug-likeness (QED) is 0.673. The van der Waals surface area contributed by atoms with Gasteiger partial charge in [0.1, 0.15) is 0 Å². The number of thiophene rings is 1. The van der Waals surface area contributed by atoms with Crippen LogP contribution in [0.5, 0.6) is 0 Å². The van der Waals surface area contributed by atoms with E-state index in [9.17, 15) is 0 Å². The SMILES string of the molecule is [2H]/C(=C\c1cccs1)COCC. The molecule has 1 aromatic heterocycles. The molecule has 0 amide bonds. The lowest BCUT2D eigenvalue weighted by Gasteiger charge is -1.91. The highest BCUT2D eigenvalue weighted by Crippen LogP contribution is 2.09. The zero-order valence-electron chi connectivity index (χ0n) is 7.54. The van der Waals surface area contributed by atoms with Gasteiger partial charge in [-0.25, -0.2) is 0 Å². The monoisotopic (exact) mass is 169 g/mol. The van der Waals surface area contributed by atoms with E-state index in [1.165, 1.54) is 0 Å². The first-order valence-corrected chi connectivity index (χ1v) is 4.49. The lowest BCUT2D eigenvalue weighted by molar-refractivity contribution is 0.178. The van der Waals surface area contributed by atoms with Crippen LogP contribution >= 0.6 is 11.3 Å². The molecule has 1 rings (SSSR count). The Morgan fingerprint density at radius 3 is 3.36 bits per heavy atom. The van der Waals surface area contributed by atoms with Crippen molar-refractivity contribution in [3.8, 4) is 0 Å².